The van der Waals surface area contributed by atoms with Gasteiger partial charge in [0.05, 0.1) is 7.11 Å². The van der Waals surface area contributed by atoms with Crippen LogP contribution in [0.3, 0.4) is 0 Å². The SMILES string of the molecule is COCCCN(Cc1ccccc1C)Cc1cccn1Cc1cccc(OC)c1. The van der Waals surface area contributed by atoms with Crippen LogP contribution in [0.25, 0.3) is 0 Å². The largest absolute Gasteiger partial charge is 0.497 e. The summed E-state index contributed by atoms with van der Waals surface area (Å²) in [7, 11) is 3.48. The Morgan fingerprint density at radius 3 is 2.59 bits per heavy atom. The van der Waals surface area contributed by atoms with Gasteiger partial charge in [-0.2, -0.15) is 0 Å². The van der Waals surface area contributed by atoms with Gasteiger partial charge in [0, 0.05) is 51.8 Å². The molecule has 0 saturated carbocycles. The van der Waals surface area contributed by atoms with Crippen molar-refractivity contribution in [2.45, 2.75) is 33.0 Å². The maximum Gasteiger partial charge on any atom is 0.119 e. The number of hydrogen-bond donors (Lipinski definition) is 0. The van der Waals surface area contributed by atoms with Crippen molar-refractivity contribution in [2.75, 3.05) is 27.4 Å². The Bertz CT molecular complexity index is 888. The Hall–Kier alpha value is -2.56. The van der Waals surface area contributed by atoms with Crippen molar-refractivity contribution in [3.63, 3.8) is 0 Å². The van der Waals surface area contributed by atoms with E-state index in [1.807, 2.05) is 12.1 Å². The van der Waals surface area contributed by atoms with E-state index >= 15 is 0 Å². The summed E-state index contributed by atoms with van der Waals surface area (Å²) in [6.07, 6.45) is 3.19. The molecule has 0 aliphatic heterocycles. The third kappa shape index (κ3) is 6.21. The van der Waals surface area contributed by atoms with Crippen molar-refractivity contribution in [3.05, 3.63) is 89.2 Å². The number of rotatable bonds is 11. The summed E-state index contributed by atoms with van der Waals surface area (Å²) in [5, 5.41) is 0. The van der Waals surface area contributed by atoms with E-state index in [2.05, 4.69) is 71.1 Å². The lowest BCUT2D eigenvalue weighted by molar-refractivity contribution is 0.165. The fourth-order valence-electron chi connectivity index (χ4n) is 3.62. The molecule has 0 atom stereocenters. The highest BCUT2D eigenvalue weighted by Crippen LogP contribution is 2.18. The van der Waals surface area contributed by atoms with Crippen molar-refractivity contribution in [1.29, 1.82) is 0 Å². The van der Waals surface area contributed by atoms with Crippen LogP contribution in [0.4, 0.5) is 0 Å². The van der Waals surface area contributed by atoms with Gasteiger partial charge in [0.1, 0.15) is 5.75 Å². The normalized spacial score (nSPS) is 11.2. The summed E-state index contributed by atoms with van der Waals surface area (Å²) in [5.41, 5.74) is 5.29. The van der Waals surface area contributed by atoms with E-state index in [0.29, 0.717) is 0 Å². The fourth-order valence-corrected chi connectivity index (χ4v) is 3.62. The first kappa shape index (κ1) is 21.2. The molecule has 3 rings (SSSR count). The number of methoxy groups -OCH3 is 2. The van der Waals surface area contributed by atoms with Gasteiger partial charge in [0.15, 0.2) is 0 Å². The molecule has 4 nitrogen and oxygen atoms in total. The van der Waals surface area contributed by atoms with Crippen molar-refractivity contribution >= 4 is 0 Å². The van der Waals surface area contributed by atoms with Gasteiger partial charge < -0.3 is 14.0 Å². The molecule has 0 amide bonds. The summed E-state index contributed by atoms with van der Waals surface area (Å²) in [6.45, 7) is 6.68. The predicted octanol–water partition coefficient (Wildman–Crippen LogP) is 4.89. The van der Waals surface area contributed by atoms with Gasteiger partial charge in [-0.25, -0.2) is 0 Å². The second-order valence-electron chi connectivity index (χ2n) is 7.46. The lowest BCUT2D eigenvalue weighted by Gasteiger charge is -2.24. The number of aryl methyl sites for hydroxylation is 1. The minimum absolute atomic E-state index is 0.787. The van der Waals surface area contributed by atoms with Gasteiger partial charge in [-0.3, -0.25) is 4.90 Å². The molecule has 0 N–H and O–H groups in total. The molecule has 0 fully saturated rings. The first-order valence-electron chi connectivity index (χ1n) is 10.2. The van der Waals surface area contributed by atoms with Crippen molar-refractivity contribution in [1.82, 2.24) is 9.47 Å². The number of nitrogens with zero attached hydrogens (tertiary/aromatic N) is 2. The van der Waals surface area contributed by atoms with Crippen LogP contribution < -0.4 is 4.74 Å². The number of benzene rings is 2. The Kier molecular flexibility index (Phi) is 7.91. The first-order chi connectivity index (χ1) is 14.2. The fraction of sp³-hybridized carbons (Fsp3) is 0.360. The average molecular weight is 393 g/mol. The highest BCUT2D eigenvalue weighted by Gasteiger charge is 2.12. The lowest BCUT2D eigenvalue weighted by Crippen LogP contribution is -2.26. The minimum Gasteiger partial charge on any atom is -0.497 e. The van der Waals surface area contributed by atoms with Gasteiger partial charge in [0.2, 0.25) is 0 Å². The number of hydrogen-bond acceptors (Lipinski definition) is 3. The van der Waals surface area contributed by atoms with E-state index in [1.165, 1.54) is 22.4 Å². The molecule has 1 heterocycles. The van der Waals surface area contributed by atoms with E-state index in [9.17, 15) is 0 Å². The molecule has 3 aromatic rings. The maximum atomic E-state index is 5.37. The van der Waals surface area contributed by atoms with Gasteiger partial charge >= 0.3 is 0 Å². The minimum atomic E-state index is 0.787. The first-order valence-corrected chi connectivity index (χ1v) is 10.2. The van der Waals surface area contributed by atoms with E-state index in [-0.39, 0.29) is 0 Å². The Labute approximate surface area is 174 Å². The number of ether oxygens (including phenoxy) is 2. The summed E-state index contributed by atoms with van der Waals surface area (Å²) < 4.78 is 13.0. The molecule has 0 saturated heterocycles. The van der Waals surface area contributed by atoms with E-state index in [4.69, 9.17) is 9.47 Å². The summed E-state index contributed by atoms with van der Waals surface area (Å²) in [6, 6.07) is 21.3. The molecule has 2 aromatic carbocycles. The molecule has 154 valence electrons. The van der Waals surface area contributed by atoms with Crippen LogP contribution in [0.2, 0.25) is 0 Å². The lowest BCUT2D eigenvalue weighted by atomic mass is 10.1. The van der Waals surface area contributed by atoms with Gasteiger partial charge in [0.25, 0.3) is 0 Å². The molecular weight excluding hydrogens is 360 g/mol. The molecular formula is C25H32N2O2. The van der Waals surface area contributed by atoms with Crippen LogP contribution in [-0.2, 0) is 24.4 Å². The summed E-state index contributed by atoms with van der Waals surface area (Å²) in [5.74, 6) is 0.900. The zero-order chi connectivity index (χ0) is 20.5. The highest BCUT2D eigenvalue weighted by atomic mass is 16.5. The Balaban J connectivity index is 1.73. The van der Waals surface area contributed by atoms with Gasteiger partial charge in [-0.05, 0) is 54.3 Å². The molecule has 0 unspecified atom stereocenters. The van der Waals surface area contributed by atoms with Crippen molar-refractivity contribution in [3.8, 4) is 5.75 Å². The second kappa shape index (κ2) is 10.8. The summed E-state index contributed by atoms with van der Waals surface area (Å²) in [4.78, 5) is 2.51. The molecule has 0 spiro atoms. The molecule has 0 aliphatic carbocycles. The van der Waals surface area contributed by atoms with Crippen LogP contribution in [-0.4, -0.2) is 36.8 Å². The molecule has 0 aliphatic rings. The summed E-state index contributed by atoms with van der Waals surface area (Å²) >= 11 is 0. The smallest absolute Gasteiger partial charge is 0.119 e. The molecule has 0 radical (unpaired) electrons. The Morgan fingerprint density at radius 1 is 0.931 bits per heavy atom. The van der Waals surface area contributed by atoms with Crippen LogP contribution >= 0.6 is 0 Å². The van der Waals surface area contributed by atoms with Crippen LogP contribution in [0.15, 0.2) is 66.9 Å². The van der Waals surface area contributed by atoms with Gasteiger partial charge in [-0.1, -0.05) is 36.4 Å². The van der Waals surface area contributed by atoms with E-state index in [1.54, 1.807) is 14.2 Å². The average Bonchev–Trinajstić information content (AvgIpc) is 3.16. The van der Waals surface area contributed by atoms with E-state index < -0.39 is 0 Å². The molecule has 0 bridgehead atoms. The molecule has 4 heteroatoms. The maximum absolute atomic E-state index is 5.37. The zero-order valence-electron chi connectivity index (χ0n) is 17.8. The third-order valence-electron chi connectivity index (χ3n) is 5.27. The van der Waals surface area contributed by atoms with Gasteiger partial charge in [-0.15, -0.1) is 0 Å². The van der Waals surface area contributed by atoms with E-state index in [0.717, 1.165) is 45.0 Å². The van der Waals surface area contributed by atoms with Crippen LogP contribution in [0.1, 0.15) is 28.8 Å². The highest BCUT2D eigenvalue weighted by molar-refractivity contribution is 5.29. The standard InChI is InChI=1S/C25H32N2O2/c1-21-9-4-5-11-23(21)19-26(14-8-16-28-2)20-24-12-7-15-27(24)18-22-10-6-13-25(17-22)29-3/h4-7,9-13,15,17H,8,14,16,18-20H2,1-3H3. The molecule has 29 heavy (non-hydrogen) atoms. The van der Waals surface area contributed by atoms with Crippen molar-refractivity contribution in [2.24, 2.45) is 0 Å². The molecule has 1 aromatic heterocycles. The monoisotopic (exact) mass is 392 g/mol. The van der Waals surface area contributed by atoms with Crippen LogP contribution in [0, 0.1) is 6.92 Å². The van der Waals surface area contributed by atoms with Crippen LogP contribution in [0.5, 0.6) is 5.75 Å². The second-order valence-corrected chi connectivity index (χ2v) is 7.46. The van der Waals surface area contributed by atoms with Crippen molar-refractivity contribution < 1.29 is 9.47 Å². The third-order valence-corrected chi connectivity index (χ3v) is 5.27. The number of aromatic nitrogens is 1. The zero-order valence-corrected chi connectivity index (χ0v) is 17.8. The topological polar surface area (TPSA) is 26.6 Å². The predicted molar refractivity (Wildman–Crippen MR) is 118 cm³/mol. The Morgan fingerprint density at radius 2 is 1.79 bits per heavy atom. The quantitative estimate of drug-likeness (QED) is 0.435.